The summed E-state index contributed by atoms with van der Waals surface area (Å²) in [4.78, 5) is 10.0. The van der Waals surface area contributed by atoms with E-state index in [9.17, 15) is 4.79 Å². The summed E-state index contributed by atoms with van der Waals surface area (Å²) in [5.74, 6) is -0.441. The van der Waals surface area contributed by atoms with Crippen molar-refractivity contribution in [3.8, 4) is 0 Å². The first-order chi connectivity index (χ1) is 3.18. The average molecular weight is 122 g/mol. The van der Waals surface area contributed by atoms with Crippen LogP contribution in [0, 0.1) is 0 Å². The Balaban J connectivity index is 3.34. The number of alkyl halides is 1. The summed E-state index contributed by atoms with van der Waals surface area (Å²) in [5.41, 5.74) is 4.78. The number of hydrogen-bond donors (Lipinski definition) is 1. The molecule has 0 aromatic rings. The molecule has 0 fully saturated rings. The van der Waals surface area contributed by atoms with Gasteiger partial charge in [0.25, 0.3) is 0 Å². The molecule has 0 saturated heterocycles. The molecular weight excluding hydrogens is 114 g/mol. The van der Waals surface area contributed by atoms with Crippen LogP contribution in [0.4, 0.5) is 0 Å². The van der Waals surface area contributed by atoms with Crippen LogP contribution in [-0.4, -0.2) is 11.3 Å². The monoisotopic (exact) mass is 121 g/mol. The van der Waals surface area contributed by atoms with Crippen molar-refractivity contribution >= 4 is 17.5 Å². The minimum atomic E-state index is -0.486. The van der Waals surface area contributed by atoms with E-state index in [0.29, 0.717) is 6.42 Å². The van der Waals surface area contributed by atoms with E-state index in [1.165, 1.54) is 0 Å². The Morgan fingerprint density at radius 2 is 2.43 bits per heavy atom. The van der Waals surface area contributed by atoms with Gasteiger partial charge in [-0.05, 0) is 6.42 Å². The van der Waals surface area contributed by atoms with Crippen LogP contribution in [0.2, 0.25) is 0 Å². The first-order valence-electron chi connectivity index (χ1n) is 2.12. The van der Waals surface area contributed by atoms with Crippen molar-refractivity contribution < 1.29 is 4.79 Å². The fourth-order valence-corrected chi connectivity index (χ4v) is 0.201. The molecule has 3 heteroatoms. The quantitative estimate of drug-likeness (QED) is 0.531. The maximum absolute atomic E-state index is 10.0. The van der Waals surface area contributed by atoms with Gasteiger partial charge in [0, 0.05) is 0 Å². The number of nitrogens with two attached hydrogens (primary N) is 1. The van der Waals surface area contributed by atoms with E-state index in [-0.39, 0.29) is 0 Å². The summed E-state index contributed by atoms with van der Waals surface area (Å²) >= 11 is 5.33. The first-order valence-corrected chi connectivity index (χ1v) is 2.55. The zero-order valence-electron chi connectivity index (χ0n) is 4.15. The minimum Gasteiger partial charge on any atom is -0.368 e. The van der Waals surface area contributed by atoms with Crippen LogP contribution in [0.3, 0.4) is 0 Å². The maximum atomic E-state index is 10.0. The second kappa shape index (κ2) is 2.86. The largest absolute Gasteiger partial charge is 0.368 e. The summed E-state index contributed by atoms with van der Waals surface area (Å²) in [6.07, 6.45) is 0.608. The smallest absolute Gasteiger partial charge is 0.235 e. The summed E-state index contributed by atoms with van der Waals surface area (Å²) in [6, 6.07) is 0. The highest BCUT2D eigenvalue weighted by molar-refractivity contribution is 6.30. The number of amides is 1. The molecule has 0 aliphatic carbocycles. The van der Waals surface area contributed by atoms with Crippen LogP contribution < -0.4 is 5.73 Å². The highest BCUT2D eigenvalue weighted by Crippen LogP contribution is 1.97. The molecule has 0 bridgehead atoms. The molecule has 42 valence electrons. The molecule has 0 radical (unpaired) electrons. The van der Waals surface area contributed by atoms with Gasteiger partial charge in [-0.15, -0.1) is 11.6 Å². The van der Waals surface area contributed by atoms with Gasteiger partial charge in [-0.25, -0.2) is 0 Å². The summed E-state index contributed by atoms with van der Waals surface area (Å²) < 4.78 is 0. The van der Waals surface area contributed by atoms with Crippen molar-refractivity contribution in [2.24, 2.45) is 5.73 Å². The van der Waals surface area contributed by atoms with E-state index in [1.54, 1.807) is 0 Å². The van der Waals surface area contributed by atoms with Crippen molar-refractivity contribution in [2.75, 3.05) is 0 Å². The molecule has 0 aliphatic heterocycles. The Bertz CT molecular complexity index is 74.1. The lowest BCUT2D eigenvalue weighted by Gasteiger charge is -1.95. The van der Waals surface area contributed by atoms with Gasteiger partial charge in [0.1, 0.15) is 5.38 Å². The maximum Gasteiger partial charge on any atom is 0.235 e. The fourth-order valence-electron chi connectivity index (χ4n) is 0.201. The Hall–Kier alpha value is -0.240. The molecule has 7 heavy (non-hydrogen) atoms. The molecule has 2 nitrogen and oxygen atoms in total. The van der Waals surface area contributed by atoms with Gasteiger partial charge in [-0.1, -0.05) is 6.92 Å². The van der Waals surface area contributed by atoms with E-state index in [0.717, 1.165) is 0 Å². The Labute approximate surface area is 47.6 Å². The van der Waals surface area contributed by atoms with Gasteiger partial charge in [0.05, 0.1) is 0 Å². The van der Waals surface area contributed by atoms with Crippen molar-refractivity contribution in [3.63, 3.8) is 0 Å². The van der Waals surface area contributed by atoms with Crippen LogP contribution >= 0.6 is 11.6 Å². The molecule has 1 unspecified atom stereocenters. The van der Waals surface area contributed by atoms with E-state index >= 15 is 0 Å². The predicted octanol–water partition coefficient (Wildman–Crippen LogP) is 0.489. The Morgan fingerprint density at radius 1 is 2.00 bits per heavy atom. The SMILES string of the molecule is CCC(Cl)C(N)=O. The number of primary amides is 1. The highest BCUT2D eigenvalue weighted by Gasteiger charge is 2.05. The molecule has 0 aromatic carbocycles. The summed E-state index contributed by atoms with van der Waals surface area (Å²) in [5, 5.41) is -0.486. The molecule has 0 heterocycles. The number of carbonyl (C=O) groups excluding carboxylic acids is 1. The lowest BCUT2D eigenvalue weighted by Crippen LogP contribution is -2.22. The normalized spacial score (nSPS) is 13.4. The Morgan fingerprint density at radius 3 is 2.43 bits per heavy atom. The molecule has 0 saturated carbocycles. The third-order valence-corrected chi connectivity index (χ3v) is 1.19. The van der Waals surface area contributed by atoms with E-state index in [1.807, 2.05) is 6.92 Å². The summed E-state index contributed by atoms with van der Waals surface area (Å²) in [6.45, 7) is 1.81. The molecule has 1 amide bonds. The van der Waals surface area contributed by atoms with Gasteiger partial charge in [0.2, 0.25) is 5.91 Å². The molecular formula is C4H8ClNO. The zero-order valence-corrected chi connectivity index (χ0v) is 4.90. The van der Waals surface area contributed by atoms with Crippen LogP contribution in [0.25, 0.3) is 0 Å². The second-order valence-electron chi connectivity index (χ2n) is 1.28. The second-order valence-corrected chi connectivity index (χ2v) is 1.80. The Kier molecular flexibility index (Phi) is 2.76. The third-order valence-electron chi connectivity index (χ3n) is 0.667. The molecule has 0 aromatic heterocycles. The van der Waals surface area contributed by atoms with Crippen molar-refractivity contribution in [3.05, 3.63) is 0 Å². The van der Waals surface area contributed by atoms with Crippen LogP contribution in [-0.2, 0) is 4.79 Å². The molecule has 1 atom stereocenters. The third kappa shape index (κ3) is 2.45. The number of hydrogen-bond acceptors (Lipinski definition) is 1. The standard InChI is InChI=1S/C4H8ClNO/c1-2-3(5)4(6)7/h3H,2H2,1H3,(H2,6,7). The van der Waals surface area contributed by atoms with E-state index < -0.39 is 11.3 Å². The topological polar surface area (TPSA) is 43.1 Å². The fraction of sp³-hybridized carbons (Fsp3) is 0.750. The summed E-state index contributed by atoms with van der Waals surface area (Å²) in [7, 11) is 0. The average Bonchev–Trinajstić information content (AvgIpc) is 1.65. The van der Waals surface area contributed by atoms with Crippen molar-refractivity contribution in [1.29, 1.82) is 0 Å². The lowest BCUT2D eigenvalue weighted by molar-refractivity contribution is -0.117. The van der Waals surface area contributed by atoms with E-state index in [2.05, 4.69) is 0 Å². The zero-order chi connectivity index (χ0) is 5.86. The highest BCUT2D eigenvalue weighted by atomic mass is 35.5. The van der Waals surface area contributed by atoms with Crippen molar-refractivity contribution in [2.45, 2.75) is 18.7 Å². The number of carbonyl (C=O) groups is 1. The van der Waals surface area contributed by atoms with Crippen LogP contribution in [0.5, 0.6) is 0 Å². The van der Waals surface area contributed by atoms with Gasteiger partial charge in [-0.3, -0.25) is 4.79 Å². The molecule has 0 rings (SSSR count). The minimum absolute atomic E-state index is 0.441. The van der Waals surface area contributed by atoms with Crippen LogP contribution in [0.1, 0.15) is 13.3 Å². The number of halogens is 1. The van der Waals surface area contributed by atoms with Gasteiger partial charge in [0.15, 0.2) is 0 Å². The van der Waals surface area contributed by atoms with Crippen LogP contribution in [0.15, 0.2) is 0 Å². The van der Waals surface area contributed by atoms with Crippen molar-refractivity contribution in [1.82, 2.24) is 0 Å². The molecule has 0 aliphatic rings. The number of rotatable bonds is 2. The first kappa shape index (κ1) is 6.76. The molecule has 0 spiro atoms. The lowest BCUT2D eigenvalue weighted by atomic mass is 10.3. The predicted molar refractivity (Wildman–Crippen MR) is 29.1 cm³/mol. The van der Waals surface area contributed by atoms with Gasteiger partial charge in [-0.2, -0.15) is 0 Å². The molecule has 2 N–H and O–H groups in total. The van der Waals surface area contributed by atoms with E-state index in [4.69, 9.17) is 17.3 Å². The van der Waals surface area contributed by atoms with Gasteiger partial charge < -0.3 is 5.73 Å². The van der Waals surface area contributed by atoms with Gasteiger partial charge >= 0.3 is 0 Å².